The number of nitrogens with zero attached hydrogens (tertiary/aromatic N) is 2. The first-order valence-corrected chi connectivity index (χ1v) is 9.65. The fraction of sp³-hybridized carbons (Fsp3) is 0.364. The molecule has 1 saturated heterocycles. The van der Waals surface area contributed by atoms with Crippen LogP contribution in [0, 0.1) is 13.8 Å². The van der Waals surface area contributed by atoms with Crippen LogP contribution in [0.5, 0.6) is 0 Å². The van der Waals surface area contributed by atoms with Crippen LogP contribution in [0.3, 0.4) is 0 Å². The van der Waals surface area contributed by atoms with Crippen molar-refractivity contribution in [3.63, 3.8) is 0 Å². The predicted octanol–water partition coefficient (Wildman–Crippen LogP) is 2.75. The van der Waals surface area contributed by atoms with Crippen molar-refractivity contribution < 1.29 is 9.59 Å². The zero-order valence-electron chi connectivity index (χ0n) is 16.5. The third-order valence-electron chi connectivity index (χ3n) is 5.45. The summed E-state index contributed by atoms with van der Waals surface area (Å²) >= 11 is 0. The van der Waals surface area contributed by atoms with E-state index in [9.17, 15) is 9.59 Å². The van der Waals surface area contributed by atoms with E-state index in [-0.39, 0.29) is 12.3 Å². The lowest BCUT2D eigenvalue weighted by Crippen LogP contribution is -2.49. The number of benzene rings is 2. The Morgan fingerprint density at radius 2 is 1.68 bits per heavy atom. The second-order valence-electron chi connectivity index (χ2n) is 7.26. The Bertz CT molecular complexity index is 830. The van der Waals surface area contributed by atoms with Crippen LogP contribution >= 0.6 is 0 Å². The molecule has 0 radical (unpaired) electrons. The van der Waals surface area contributed by atoms with Crippen LogP contribution in [0.2, 0.25) is 0 Å². The summed E-state index contributed by atoms with van der Waals surface area (Å²) in [5.74, 6) is 0.0308. The van der Waals surface area contributed by atoms with Crippen LogP contribution in [-0.2, 0) is 4.79 Å². The summed E-state index contributed by atoms with van der Waals surface area (Å²) in [6.45, 7) is 7.20. The Hall–Kier alpha value is -3.02. The number of nitrogens with two attached hydrogens (primary N) is 1. The SMILES string of the molecule is Cc1cccc(N2CCN(C(=O)CC(NC(N)=O)c3ccccc3)CC2)c1C. The number of nitrogens with one attached hydrogen (secondary N) is 1. The summed E-state index contributed by atoms with van der Waals surface area (Å²) in [4.78, 5) is 28.4. The van der Waals surface area contributed by atoms with E-state index >= 15 is 0 Å². The largest absolute Gasteiger partial charge is 0.368 e. The number of anilines is 1. The molecule has 0 saturated carbocycles. The van der Waals surface area contributed by atoms with Gasteiger partial charge in [-0.3, -0.25) is 4.79 Å². The van der Waals surface area contributed by atoms with Gasteiger partial charge in [0.05, 0.1) is 12.5 Å². The molecule has 0 bridgehead atoms. The molecule has 1 atom stereocenters. The first-order chi connectivity index (χ1) is 13.5. The van der Waals surface area contributed by atoms with Gasteiger partial charge in [-0.25, -0.2) is 4.79 Å². The van der Waals surface area contributed by atoms with Crippen molar-refractivity contribution >= 4 is 17.6 Å². The predicted molar refractivity (Wildman–Crippen MR) is 111 cm³/mol. The zero-order chi connectivity index (χ0) is 20.1. The van der Waals surface area contributed by atoms with Crippen molar-refractivity contribution in [3.8, 4) is 0 Å². The highest BCUT2D eigenvalue weighted by molar-refractivity contribution is 5.79. The van der Waals surface area contributed by atoms with Crippen molar-refractivity contribution in [2.45, 2.75) is 26.3 Å². The van der Waals surface area contributed by atoms with E-state index in [2.05, 4.69) is 42.3 Å². The standard InChI is InChI=1S/C22H28N4O2/c1-16-7-6-10-20(17(16)2)25-11-13-26(14-12-25)21(27)15-19(24-22(23)28)18-8-4-3-5-9-18/h3-10,19H,11-15H2,1-2H3,(H3,23,24,28). The normalized spacial score (nSPS) is 15.2. The molecular formula is C22H28N4O2. The number of hydrogen-bond acceptors (Lipinski definition) is 3. The van der Waals surface area contributed by atoms with Gasteiger partial charge in [-0.1, -0.05) is 42.5 Å². The topological polar surface area (TPSA) is 78.7 Å². The minimum Gasteiger partial charge on any atom is -0.368 e. The van der Waals surface area contributed by atoms with Crippen LogP contribution in [0.1, 0.15) is 29.2 Å². The highest BCUT2D eigenvalue weighted by Gasteiger charge is 2.25. The molecule has 1 unspecified atom stereocenters. The molecule has 6 heteroatoms. The van der Waals surface area contributed by atoms with Crippen LogP contribution in [0.25, 0.3) is 0 Å². The number of aryl methyl sites for hydroxylation is 1. The average Bonchev–Trinajstić information content (AvgIpc) is 2.70. The molecule has 0 aliphatic carbocycles. The van der Waals surface area contributed by atoms with Crippen LogP contribution in [-0.4, -0.2) is 43.0 Å². The molecule has 148 valence electrons. The first-order valence-electron chi connectivity index (χ1n) is 9.65. The van der Waals surface area contributed by atoms with E-state index in [1.165, 1.54) is 16.8 Å². The zero-order valence-corrected chi connectivity index (χ0v) is 16.5. The van der Waals surface area contributed by atoms with E-state index < -0.39 is 12.1 Å². The minimum atomic E-state index is -0.624. The van der Waals surface area contributed by atoms with Crippen molar-refractivity contribution in [2.75, 3.05) is 31.1 Å². The van der Waals surface area contributed by atoms with Gasteiger partial charge in [0, 0.05) is 31.9 Å². The molecular weight excluding hydrogens is 352 g/mol. The molecule has 3 N–H and O–H groups in total. The van der Waals surface area contributed by atoms with Crippen molar-refractivity contribution in [3.05, 3.63) is 65.2 Å². The number of piperazine rings is 1. The quantitative estimate of drug-likeness (QED) is 0.837. The Balaban J connectivity index is 1.62. The summed E-state index contributed by atoms with van der Waals surface area (Å²) in [6, 6.07) is 14.8. The van der Waals surface area contributed by atoms with E-state index in [0.717, 1.165) is 18.7 Å². The summed E-state index contributed by atoms with van der Waals surface area (Å²) in [5, 5.41) is 2.70. The van der Waals surface area contributed by atoms with Gasteiger partial charge in [0.15, 0.2) is 0 Å². The average molecular weight is 380 g/mol. The Morgan fingerprint density at radius 3 is 2.32 bits per heavy atom. The number of hydrogen-bond donors (Lipinski definition) is 2. The maximum absolute atomic E-state index is 12.8. The van der Waals surface area contributed by atoms with Gasteiger partial charge in [0.1, 0.15) is 0 Å². The molecule has 28 heavy (non-hydrogen) atoms. The smallest absolute Gasteiger partial charge is 0.312 e. The molecule has 1 aliphatic rings. The van der Waals surface area contributed by atoms with Crippen molar-refractivity contribution in [1.29, 1.82) is 0 Å². The second kappa shape index (κ2) is 8.78. The maximum Gasteiger partial charge on any atom is 0.312 e. The lowest BCUT2D eigenvalue weighted by molar-refractivity contribution is -0.132. The van der Waals surface area contributed by atoms with Gasteiger partial charge in [-0.15, -0.1) is 0 Å². The van der Waals surface area contributed by atoms with Gasteiger partial charge >= 0.3 is 6.03 Å². The van der Waals surface area contributed by atoms with E-state index in [0.29, 0.717) is 13.1 Å². The molecule has 3 rings (SSSR count). The number of rotatable bonds is 5. The lowest BCUT2D eigenvalue weighted by atomic mass is 10.0. The third kappa shape index (κ3) is 4.63. The maximum atomic E-state index is 12.8. The van der Waals surface area contributed by atoms with E-state index in [4.69, 9.17) is 5.73 Å². The van der Waals surface area contributed by atoms with E-state index in [1.54, 1.807) is 0 Å². The molecule has 1 fully saturated rings. The summed E-state index contributed by atoms with van der Waals surface area (Å²) in [7, 11) is 0. The second-order valence-corrected chi connectivity index (χ2v) is 7.26. The molecule has 1 aliphatic heterocycles. The van der Waals surface area contributed by atoms with Crippen LogP contribution in [0.15, 0.2) is 48.5 Å². The molecule has 2 aromatic carbocycles. The van der Waals surface area contributed by atoms with Gasteiger partial charge in [-0.05, 0) is 36.6 Å². The van der Waals surface area contributed by atoms with Gasteiger partial charge < -0.3 is 20.9 Å². The highest BCUT2D eigenvalue weighted by atomic mass is 16.2. The van der Waals surface area contributed by atoms with Gasteiger partial charge in [0.25, 0.3) is 0 Å². The fourth-order valence-corrected chi connectivity index (χ4v) is 3.69. The molecule has 0 spiro atoms. The highest BCUT2D eigenvalue weighted by Crippen LogP contribution is 2.24. The third-order valence-corrected chi connectivity index (χ3v) is 5.45. The van der Waals surface area contributed by atoms with Crippen molar-refractivity contribution in [2.24, 2.45) is 5.73 Å². The number of carbonyl (C=O) groups excluding carboxylic acids is 2. The fourth-order valence-electron chi connectivity index (χ4n) is 3.69. The lowest BCUT2D eigenvalue weighted by Gasteiger charge is -2.37. The minimum absolute atomic E-state index is 0.0308. The van der Waals surface area contributed by atoms with Crippen molar-refractivity contribution in [1.82, 2.24) is 10.2 Å². The van der Waals surface area contributed by atoms with Gasteiger partial charge in [0.2, 0.25) is 5.91 Å². The van der Waals surface area contributed by atoms with E-state index in [1.807, 2.05) is 35.2 Å². The molecule has 1 heterocycles. The molecule has 0 aromatic heterocycles. The Labute approximate surface area is 166 Å². The summed E-state index contributed by atoms with van der Waals surface area (Å²) < 4.78 is 0. The van der Waals surface area contributed by atoms with Crippen LogP contribution < -0.4 is 16.0 Å². The Kier molecular flexibility index (Phi) is 6.19. The molecule has 6 nitrogen and oxygen atoms in total. The summed E-state index contributed by atoms with van der Waals surface area (Å²) in [6.07, 6.45) is 0.205. The summed E-state index contributed by atoms with van der Waals surface area (Å²) in [5.41, 5.74) is 10.00. The first kappa shape index (κ1) is 19.7. The molecule has 3 amide bonds. The Morgan fingerprint density at radius 1 is 1.00 bits per heavy atom. The molecule has 2 aromatic rings. The number of urea groups is 1. The number of carbonyl (C=O) groups is 2. The number of primary amides is 1. The number of amides is 3. The monoisotopic (exact) mass is 380 g/mol. The van der Waals surface area contributed by atoms with Gasteiger partial charge in [-0.2, -0.15) is 0 Å². The van der Waals surface area contributed by atoms with Crippen LogP contribution in [0.4, 0.5) is 10.5 Å².